The minimum atomic E-state index is -4.63. The predicted molar refractivity (Wildman–Crippen MR) is 108 cm³/mol. The number of likely N-dealkylation sites (tertiary alicyclic amines) is 1. The van der Waals surface area contributed by atoms with Gasteiger partial charge >= 0.3 is 6.18 Å². The molecule has 30 heavy (non-hydrogen) atoms. The van der Waals surface area contributed by atoms with E-state index in [9.17, 15) is 26.0 Å². The Morgan fingerprint density at radius 3 is 2.40 bits per heavy atom. The Labute approximate surface area is 173 Å². The minimum Gasteiger partial charge on any atom is -0.302 e. The van der Waals surface area contributed by atoms with Crippen LogP contribution in [0.3, 0.4) is 0 Å². The number of benzene rings is 2. The Kier molecular flexibility index (Phi) is 6.71. The normalized spacial score (nSPS) is 20.4. The molecular formula is C21H24F4N2O2S. The van der Waals surface area contributed by atoms with Gasteiger partial charge < -0.3 is 4.90 Å². The van der Waals surface area contributed by atoms with Gasteiger partial charge in [-0.2, -0.15) is 13.2 Å². The molecule has 1 aliphatic rings. The third-order valence-corrected chi connectivity index (χ3v) is 6.70. The second-order valence-corrected chi connectivity index (χ2v) is 9.22. The van der Waals surface area contributed by atoms with Crippen molar-refractivity contribution in [3.8, 4) is 0 Å². The number of sulfonamides is 1. The molecule has 0 radical (unpaired) electrons. The molecule has 164 valence electrons. The maximum atomic E-state index is 13.5. The minimum absolute atomic E-state index is 0.0238. The molecule has 0 bridgehead atoms. The summed E-state index contributed by atoms with van der Waals surface area (Å²) in [5.74, 6) is -0.0834. The van der Waals surface area contributed by atoms with Crippen LogP contribution in [-0.4, -0.2) is 39.6 Å². The molecule has 2 aromatic carbocycles. The van der Waals surface area contributed by atoms with Crippen LogP contribution in [0.5, 0.6) is 0 Å². The standard InChI is InChI=1S/C21H24F4N2O2S/c1-2-10-27-13-16(12-22)20(14-27)15-6-8-18(9-7-15)26-30(28,29)19-5-3-4-17(11-19)21(23,24)25/h3-9,11,16,20,26H,2,10,12-14H2,1H3. The molecule has 0 aliphatic carbocycles. The Bertz CT molecular complexity index is 962. The summed E-state index contributed by atoms with van der Waals surface area (Å²) in [6, 6.07) is 10.2. The number of alkyl halides is 4. The molecule has 9 heteroatoms. The molecule has 4 nitrogen and oxygen atoms in total. The van der Waals surface area contributed by atoms with Crippen molar-refractivity contribution < 1.29 is 26.0 Å². The van der Waals surface area contributed by atoms with Gasteiger partial charge in [0.05, 0.1) is 17.1 Å². The molecule has 0 aromatic heterocycles. The van der Waals surface area contributed by atoms with Crippen molar-refractivity contribution in [2.45, 2.75) is 30.3 Å². The van der Waals surface area contributed by atoms with Crippen LogP contribution < -0.4 is 4.72 Å². The molecule has 1 aliphatic heterocycles. The Morgan fingerprint density at radius 1 is 1.10 bits per heavy atom. The maximum Gasteiger partial charge on any atom is 0.416 e. The second kappa shape index (κ2) is 8.93. The van der Waals surface area contributed by atoms with E-state index in [4.69, 9.17) is 0 Å². The molecule has 2 aromatic rings. The Hall–Kier alpha value is -2.13. The second-order valence-electron chi connectivity index (χ2n) is 7.53. The van der Waals surface area contributed by atoms with E-state index in [-0.39, 0.29) is 17.5 Å². The molecular weight excluding hydrogens is 420 g/mol. The van der Waals surface area contributed by atoms with Crippen LogP contribution in [0.2, 0.25) is 0 Å². The highest BCUT2D eigenvalue weighted by molar-refractivity contribution is 7.92. The van der Waals surface area contributed by atoms with E-state index in [2.05, 4.69) is 16.5 Å². The van der Waals surface area contributed by atoms with Gasteiger partial charge in [-0.05, 0) is 48.9 Å². The first kappa shape index (κ1) is 22.6. The lowest BCUT2D eigenvalue weighted by Gasteiger charge is -2.17. The zero-order chi connectivity index (χ0) is 21.9. The van der Waals surface area contributed by atoms with E-state index < -0.39 is 33.3 Å². The number of anilines is 1. The van der Waals surface area contributed by atoms with Gasteiger partial charge in [0.1, 0.15) is 0 Å². The van der Waals surface area contributed by atoms with Gasteiger partial charge in [-0.25, -0.2) is 8.42 Å². The summed E-state index contributed by atoms with van der Waals surface area (Å²) in [4.78, 5) is 1.75. The smallest absolute Gasteiger partial charge is 0.302 e. The van der Waals surface area contributed by atoms with Gasteiger partial charge in [-0.3, -0.25) is 9.11 Å². The number of hydrogen-bond donors (Lipinski definition) is 1. The van der Waals surface area contributed by atoms with E-state index in [1.54, 1.807) is 24.3 Å². The van der Waals surface area contributed by atoms with Crippen LogP contribution in [0.25, 0.3) is 0 Å². The summed E-state index contributed by atoms with van der Waals surface area (Å²) < 4.78 is 79.4. The first-order valence-electron chi connectivity index (χ1n) is 9.72. The molecule has 1 N–H and O–H groups in total. The topological polar surface area (TPSA) is 49.4 Å². The van der Waals surface area contributed by atoms with Crippen LogP contribution in [0, 0.1) is 5.92 Å². The van der Waals surface area contributed by atoms with Crippen molar-refractivity contribution in [2.24, 2.45) is 5.92 Å². The quantitative estimate of drug-likeness (QED) is 0.618. The van der Waals surface area contributed by atoms with E-state index in [0.717, 1.165) is 43.3 Å². The number of rotatable bonds is 7. The molecule has 1 saturated heterocycles. The van der Waals surface area contributed by atoms with Crippen LogP contribution in [0.15, 0.2) is 53.4 Å². The van der Waals surface area contributed by atoms with Crippen molar-refractivity contribution in [2.75, 3.05) is 31.0 Å². The molecule has 3 rings (SSSR count). The highest BCUT2D eigenvalue weighted by atomic mass is 32.2. The number of nitrogens with zero attached hydrogens (tertiary/aromatic N) is 1. The van der Waals surface area contributed by atoms with Gasteiger partial charge in [-0.1, -0.05) is 25.1 Å². The van der Waals surface area contributed by atoms with Crippen molar-refractivity contribution in [1.82, 2.24) is 4.90 Å². The zero-order valence-electron chi connectivity index (χ0n) is 16.5. The summed E-state index contributed by atoms with van der Waals surface area (Å²) in [5.41, 5.74) is 0.116. The van der Waals surface area contributed by atoms with Crippen LogP contribution in [0.4, 0.5) is 23.2 Å². The lowest BCUT2D eigenvalue weighted by molar-refractivity contribution is -0.137. The largest absolute Gasteiger partial charge is 0.416 e. The first-order valence-corrected chi connectivity index (χ1v) is 11.2. The van der Waals surface area contributed by atoms with Crippen molar-refractivity contribution in [3.63, 3.8) is 0 Å². The number of hydrogen-bond acceptors (Lipinski definition) is 3. The third-order valence-electron chi connectivity index (χ3n) is 5.32. The SMILES string of the molecule is CCCN1CC(CF)C(c2ccc(NS(=O)(=O)c3cccc(C(F)(F)F)c3)cc2)C1. The average Bonchev–Trinajstić information content (AvgIpc) is 3.11. The molecule has 2 atom stereocenters. The zero-order valence-corrected chi connectivity index (χ0v) is 17.3. The molecule has 0 amide bonds. The van der Waals surface area contributed by atoms with E-state index in [1.165, 1.54) is 0 Å². The predicted octanol–water partition coefficient (Wildman–Crippen LogP) is 4.90. The van der Waals surface area contributed by atoms with E-state index in [0.29, 0.717) is 12.6 Å². The summed E-state index contributed by atoms with van der Waals surface area (Å²) >= 11 is 0. The fraction of sp³-hybridized carbons (Fsp3) is 0.429. The summed E-state index contributed by atoms with van der Waals surface area (Å²) in [5, 5.41) is 0. The molecule has 1 heterocycles. The monoisotopic (exact) mass is 444 g/mol. The highest BCUT2D eigenvalue weighted by Gasteiger charge is 2.34. The summed E-state index contributed by atoms with van der Waals surface area (Å²) in [7, 11) is -4.18. The molecule has 2 unspecified atom stereocenters. The highest BCUT2D eigenvalue weighted by Crippen LogP contribution is 2.34. The maximum absolute atomic E-state index is 13.5. The number of halogens is 4. The van der Waals surface area contributed by atoms with Crippen LogP contribution in [0.1, 0.15) is 30.4 Å². The van der Waals surface area contributed by atoms with Gasteiger partial charge in [-0.15, -0.1) is 0 Å². The molecule has 0 spiro atoms. The van der Waals surface area contributed by atoms with E-state index in [1.807, 2.05) is 0 Å². The average molecular weight is 444 g/mol. The fourth-order valence-electron chi connectivity index (χ4n) is 3.85. The molecule has 0 saturated carbocycles. The lowest BCUT2D eigenvalue weighted by atomic mass is 9.90. The summed E-state index contributed by atoms with van der Waals surface area (Å²) in [6.45, 7) is 4.00. The van der Waals surface area contributed by atoms with Crippen molar-refractivity contribution >= 4 is 15.7 Å². The van der Waals surface area contributed by atoms with Crippen LogP contribution in [-0.2, 0) is 16.2 Å². The lowest BCUT2D eigenvalue weighted by Crippen LogP contribution is -2.21. The third kappa shape index (κ3) is 5.13. The first-order chi connectivity index (χ1) is 14.1. The van der Waals surface area contributed by atoms with Gasteiger partial charge in [0.2, 0.25) is 0 Å². The molecule has 1 fully saturated rings. The summed E-state index contributed by atoms with van der Waals surface area (Å²) in [6.07, 6.45) is -3.64. The van der Waals surface area contributed by atoms with Gasteiger partial charge in [0.25, 0.3) is 10.0 Å². The fourth-order valence-corrected chi connectivity index (χ4v) is 4.95. The van der Waals surface area contributed by atoms with Crippen LogP contribution >= 0.6 is 0 Å². The Morgan fingerprint density at radius 2 is 1.80 bits per heavy atom. The van der Waals surface area contributed by atoms with Crippen molar-refractivity contribution in [1.29, 1.82) is 0 Å². The Balaban J connectivity index is 1.75. The van der Waals surface area contributed by atoms with Gasteiger partial charge in [0, 0.05) is 30.6 Å². The van der Waals surface area contributed by atoms with Crippen molar-refractivity contribution in [3.05, 3.63) is 59.7 Å². The van der Waals surface area contributed by atoms with E-state index >= 15 is 0 Å². The van der Waals surface area contributed by atoms with Gasteiger partial charge in [0.15, 0.2) is 0 Å². The number of nitrogens with one attached hydrogen (secondary N) is 1.